The molecule has 0 aliphatic carbocycles. The molecule has 0 saturated heterocycles. The second-order valence-electron chi connectivity index (χ2n) is 4.04. The van der Waals surface area contributed by atoms with Crippen molar-refractivity contribution < 1.29 is 8.42 Å². The fourth-order valence-electron chi connectivity index (χ4n) is 1.72. The summed E-state index contributed by atoms with van der Waals surface area (Å²) >= 11 is 0. The summed E-state index contributed by atoms with van der Waals surface area (Å²) < 4.78 is 26.1. The average molecular weight is 268 g/mol. The van der Waals surface area contributed by atoms with Crippen molar-refractivity contribution in [2.24, 2.45) is 5.73 Å². The third kappa shape index (κ3) is 2.98. The van der Waals surface area contributed by atoms with Crippen LogP contribution in [0.25, 0.3) is 0 Å². The molecule has 0 heterocycles. The van der Waals surface area contributed by atoms with Crippen molar-refractivity contribution in [3.63, 3.8) is 0 Å². The molecule has 0 aliphatic heterocycles. The van der Waals surface area contributed by atoms with Crippen LogP contribution < -0.4 is 5.73 Å². The van der Waals surface area contributed by atoms with Crippen LogP contribution in [0.15, 0.2) is 35.7 Å². The van der Waals surface area contributed by atoms with E-state index in [4.69, 9.17) is 5.73 Å². The van der Waals surface area contributed by atoms with E-state index >= 15 is 0 Å². The van der Waals surface area contributed by atoms with Crippen molar-refractivity contribution in [1.29, 1.82) is 0 Å². The SMILES string of the molecule is C=CCN(CC)S(=O)(=O)c1ccc(C)c(CN)c1. The molecule has 0 radical (unpaired) electrons. The predicted octanol–water partition coefficient (Wildman–Crippen LogP) is 1.65. The zero-order valence-corrected chi connectivity index (χ0v) is 11.7. The smallest absolute Gasteiger partial charge is 0.243 e. The lowest BCUT2D eigenvalue weighted by atomic mass is 10.1. The Hall–Kier alpha value is -1.17. The summed E-state index contributed by atoms with van der Waals surface area (Å²) in [6, 6.07) is 5.06. The molecule has 18 heavy (non-hydrogen) atoms. The minimum Gasteiger partial charge on any atom is -0.326 e. The first kappa shape index (κ1) is 14.9. The summed E-state index contributed by atoms with van der Waals surface area (Å²) in [5.41, 5.74) is 7.46. The monoisotopic (exact) mass is 268 g/mol. The number of nitrogens with two attached hydrogens (primary N) is 1. The van der Waals surface area contributed by atoms with Crippen LogP contribution in [0.2, 0.25) is 0 Å². The Morgan fingerprint density at radius 1 is 1.44 bits per heavy atom. The first-order valence-corrected chi connectivity index (χ1v) is 7.32. The molecule has 4 nitrogen and oxygen atoms in total. The molecule has 1 rings (SSSR count). The molecule has 0 spiro atoms. The minimum absolute atomic E-state index is 0.289. The lowest BCUT2D eigenvalue weighted by Crippen LogP contribution is -2.31. The number of hydrogen-bond donors (Lipinski definition) is 1. The van der Waals surface area contributed by atoms with E-state index in [0.717, 1.165) is 11.1 Å². The average Bonchev–Trinajstić information content (AvgIpc) is 2.35. The van der Waals surface area contributed by atoms with Gasteiger partial charge in [0.05, 0.1) is 4.90 Å². The van der Waals surface area contributed by atoms with Crippen LogP contribution in [0.5, 0.6) is 0 Å². The molecule has 1 aromatic rings. The maximum absolute atomic E-state index is 12.4. The normalized spacial score (nSPS) is 11.8. The number of sulfonamides is 1. The van der Waals surface area contributed by atoms with Gasteiger partial charge in [0.2, 0.25) is 10.0 Å². The maximum atomic E-state index is 12.4. The summed E-state index contributed by atoms with van der Waals surface area (Å²) in [5.74, 6) is 0. The van der Waals surface area contributed by atoms with Crippen LogP contribution in [0.1, 0.15) is 18.1 Å². The van der Waals surface area contributed by atoms with Crippen LogP contribution in [-0.4, -0.2) is 25.8 Å². The van der Waals surface area contributed by atoms with Gasteiger partial charge in [0.1, 0.15) is 0 Å². The van der Waals surface area contributed by atoms with Gasteiger partial charge in [-0.1, -0.05) is 19.1 Å². The van der Waals surface area contributed by atoms with E-state index in [1.807, 2.05) is 6.92 Å². The fourth-order valence-corrected chi connectivity index (χ4v) is 3.19. The minimum atomic E-state index is -3.46. The van der Waals surface area contributed by atoms with Crippen molar-refractivity contribution in [1.82, 2.24) is 4.31 Å². The summed E-state index contributed by atoms with van der Waals surface area (Å²) in [7, 11) is -3.46. The van der Waals surface area contributed by atoms with Gasteiger partial charge in [0.25, 0.3) is 0 Å². The highest BCUT2D eigenvalue weighted by Crippen LogP contribution is 2.19. The van der Waals surface area contributed by atoms with Gasteiger partial charge in [-0.25, -0.2) is 8.42 Å². The van der Waals surface area contributed by atoms with Gasteiger partial charge in [-0.2, -0.15) is 4.31 Å². The molecule has 0 aliphatic rings. The summed E-state index contributed by atoms with van der Waals surface area (Å²) in [6.45, 7) is 8.36. The molecule has 1 aromatic carbocycles. The van der Waals surface area contributed by atoms with E-state index in [9.17, 15) is 8.42 Å². The third-order valence-electron chi connectivity index (χ3n) is 2.86. The number of hydrogen-bond acceptors (Lipinski definition) is 3. The molecular formula is C13H20N2O2S. The van der Waals surface area contributed by atoms with Gasteiger partial charge in [-0.3, -0.25) is 0 Å². The van der Waals surface area contributed by atoms with Crippen LogP contribution in [0.3, 0.4) is 0 Å². The molecule has 0 bridgehead atoms. The van der Waals surface area contributed by atoms with Gasteiger partial charge in [0, 0.05) is 19.6 Å². The lowest BCUT2D eigenvalue weighted by molar-refractivity contribution is 0.460. The zero-order valence-electron chi connectivity index (χ0n) is 10.9. The van der Waals surface area contributed by atoms with E-state index < -0.39 is 10.0 Å². The highest BCUT2D eigenvalue weighted by atomic mass is 32.2. The molecule has 0 aromatic heterocycles. The Labute approximate surface area is 109 Å². The molecule has 5 heteroatoms. The Kier molecular flexibility index (Phi) is 5.07. The number of nitrogens with zero attached hydrogens (tertiary/aromatic N) is 1. The van der Waals surface area contributed by atoms with Crippen molar-refractivity contribution in [2.75, 3.05) is 13.1 Å². The van der Waals surface area contributed by atoms with Crippen molar-refractivity contribution in [2.45, 2.75) is 25.3 Å². The quantitative estimate of drug-likeness (QED) is 0.798. The predicted molar refractivity (Wildman–Crippen MR) is 73.7 cm³/mol. The van der Waals surface area contributed by atoms with E-state index in [0.29, 0.717) is 19.6 Å². The van der Waals surface area contributed by atoms with Crippen molar-refractivity contribution >= 4 is 10.0 Å². The Morgan fingerprint density at radius 3 is 2.61 bits per heavy atom. The van der Waals surface area contributed by atoms with Gasteiger partial charge in [-0.05, 0) is 30.2 Å². The zero-order chi connectivity index (χ0) is 13.8. The van der Waals surface area contributed by atoms with Crippen LogP contribution >= 0.6 is 0 Å². The Morgan fingerprint density at radius 2 is 2.11 bits per heavy atom. The van der Waals surface area contributed by atoms with Gasteiger partial charge >= 0.3 is 0 Å². The van der Waals surface area contributed by atoms with Gasteiger partial charge in [-0.15, -0.1) is 6.58 Å². The number of likely N-dealkylation sites (N-methyl/N-ethyl adjacent to an activating group) is 1. The molecule has 0 atom stereocenters. The summed E-state index contributed by atoms with van der Waals surface area (Å²) in [6.07, 6.45) is 1.58. The van der Waals surface area contributed by atoms with E-state index in [1.165, 1.54) is 4.31 Å². The fraction of sp³-hybridized carbons (Fsp3) is 0.385. The molecule has 2 N–H and O–H groups in total. The molecule has 0 saturated carbocycles. The molecule has 0 amide bonds. The summed E-state index contributed by atoms with van der Waals surface area (Å²) in [4.78, 5) is 0.289. The topological polar surface area (TPSA) is 63.4 Å². The van der Waals surface area contributed by atoms with Crippen molar-refractivity contribution in [3.8, 4) is 0 Å². The highest BCUT2D eigenvalue weighted by molar-refractivity contribution is 7.89. The van der Waals surface area contributed by atoms with Crippen LogP contribution in [0.4, 0.5) is 0 Å². The molecule has 100 valence electrons. The van der Waals surface area contributed by atoms with E-state index in [2.05, 4.69) is 6.58 Å². The maximum Gasteiger partial charge on any atom is 0.243 e. The van der Waals surface area contributed by atoms with E-state index in [-0.39, 0.29) is 4.90 Å². The largest absolute Gasteiger partial charge is 0.326 e. The third-order valence-corrected chi connectivity index (χ3v) is 4.80. The van der Waals surface area contributed by atoms with E-state index in [1.54, 1.807) is 31.2 Å². The van der Waals surface area contributed by atoms with Crippen LogP contribution in [0, 0.1) is 6.92 Å². The number of benzene rings is 1. The second-order valence-corrected chi connectivity index (χ2v) is 5.97. The van der Waals surface area contributed by atoms with Crippen LogP contribution in [-0.2, 0) is 16.6 Å². The van der Waals surface area contributed by atoms with Gasteiger partial charge in [0.15, 0.2) is 0 Å². The van der Waals surface area contributed by atoms with Crippen molar-refractivity contribution in [3.05, 3.63) is 42.0 Å². The second kappa shape index (κ2) is 6.13. The summed E-state index contributed by atoms with van der Waals surface area (Å²) in [5, 5.41) is 0. The standard InChI is InChI=1S/C13H20N2O2S/c1-4-8-15(5-2)18(16,17)13-7-6-11(3)12(9-13)10-14/h4,6-7,9H,1,5,8,10,14H2,2-3H3. The number of rotatable bonds is 6. The van der Waals surface area contributed by atoms with Gasteiger partial charge < -0.3 is 5.73 Å². The first-order chi connectivity index (χ1) is 8.47. The highest BCUT2D eigenvalue weighted by Gasteiger charge is 2.22. The number of aryl methyl sites for hydroxylation is 1. The Bertz CT molecular complexity index is 524. The molecule has 0 fully saturated rings. The molecule has 0 unspecified atom stereocenters. The molecular weight excluding hydrogens is 248 g/mol. The first-order valence-electron chi connectivity index (χ1n) is 5.88. The Balaban J connectivity index is 3.23. The lowest BCUT2D eigenvalue weighted by Gasteiger charge is -2.19.